The van der Waals surface area contributed by atoms with E-state index in [0.717, 1.165) is 0 Å². The number of rotatable bonds is 2. The molecular formula is C14H12F2O. The fourth-order valence-corrected chi connectivity index (χ4v) is 1.71. The third-order valence-corrected chi connectivity index (χ3v) is 2.76. The van der Waals surface area contributed by atoms with Crippen molar-refractivity contribution in [2.24, 2.45) is 0 Å². The van der Waals surface area contributed by atoms with Crippen LogP contribution in [0.25, 0.3) is 0 Å². The Kier molecular flexibility index (Phi) is 3.20. The van der Waals surface area contributed by atoms with Gasteiger partial charge in [-0.1, -0.05) is 36.4 Å². The second kappa shape index (κ2) is 4.63. The average molecular weight is 234 g/mol. The lowest BCUT2D eigenvalue weighted by atomic mass is 9.99. The summed E-state index contributed by atoms with van der Waals surface area (Å²) in [5.74, 6) is -1.30. The summed E-state index contributed by atoms with van der Waals surface area (Å²) in [6.07, 6.45) is -1.07. The fraction of sp³-hybridized carbons (Fsp3) is 0.143. The largest absolute Gasteiger partial charge is 0.384 e. The molecule has 0 amide bonds. The van der Waals surface area contributed by atoms with E-state index in [9.17, 15) is 13.9 Å². The quantitative estimate of drug-likeness (QED) is 0.844. The molecule has 88 valence electrons. The molecule has 2 aromatic rings. The van der Waals surface area contributed by atoms with E-state index in [1.165, 1.54) is 19.1 Å². The Morgan fingerprint density at radius 1 is 1.00 bits per heavy atom. The topological polar surface area (TPSA) is 20.2 Å². The molecule has 3 heteroatoms. The molecule has 0 aliphatic carbocycles. The van der Waals surface area contributed by atoms with E-state index < -0.39 is 17.7 Å². The molecule has 1 atom stereocenters. The van der Waals surface area contributed by atoms with Crippen LogP contribution in [0.5, 0.6) is 0 Å². The molecule has 0 bridgehead atoms. The van der Waals surface area contributed by atoms with E-state index in [1.807, 2.05) is 6.07 Å². The van der Waals surface area contributed by atoms with Gasteiger partial charge in [-0.3, -0.25) is 0 Å². The first kappa shape index (κ1) is 11.7. The number of aliphatic hydroxyl groups excluding tert-OH is 1. The van der Waals surface area contributed by atoms with Gasteiger partial charge in [-0.15, -0.1) is 0 Å². The molecule has 0 fully saturated rings. The van der Waals surface area contributed by atoms with Crippen LogP contribution in [0, 0.1) is 18.6 Å². The third-order valence-electron chi connectivity index (χ3n) is 2.76. The summed E-state index contributed by atoms with van der Waals surface area (Å²) in [6.45, 7) is 1.35. The van der Waals surface area contributed by atoms with Gasteiger partial charge in [0.25, 0.3) is 0 Å². The molecule has 0 aliphatic heterocycles. The second-order valence-electron chi connectivity index (χ2n) is 3.89. The normalized spacial score (nSPS) is 12.5. The highest BCUT2D eigenvalue weighted by atomic mass is 19.1. The molecule has 0 spiro atoms. The lowest BCUT2D eigenvalue weighted by molar-refractivity contribution is 0.214. The van der Waals surface area contributed by atoms with E-state index in [2.05, 4.69) is 0 Å². The zero-order valence-corrected chi connectivity index (χ0v) is 9.32. The summed E-state index contributed by atoms with van der Waals surface area (Å²) in [6, 6.07) is 11.2. The minimum atomic E-state index is -1.07. The van der Waals surface area contributed by atoms with Crippen LogP contribution in [0.4, 0.5) is 8.78 Å². The predicted molar refractivity (Wildman–Crippen MR) is 61.6 cm³/mol. The number of hydrogen-bond acceptors (Lipinski definition) is 1. The summed E-state index contributed by atoms with van der Waals surface area (Å²) >= 11 is 0. The van der Waals surface area contributed by atoms with Crippen molar-refractivity contribution in [1.29, 1.82) is 0 Å². The third kappa shape index (κ3) is 2.19. The first-order valence-corrected chi connectivity index (χ1v) is 5.28. The summed E-state index contributed by atoms with van der Waals surface area (Å²) in [5, 5.41) is 10.0. The Labute approximate surface area is 98.3 Å². The number of aliphatic hydroxyl groups is 1. The zero-order valence-electron chi connectivity index (χ0n) is 9.32. The number of halogens is 2. The molecule has 17 heavy (non-hydrogen) atoms. The summed E-state index contributed by atoms with van der Waals surface area (Å²) in [7, 11) is 0. The van der Waals surface area contributed by atoms with Gasteiger partial charge >= 0.3 is 0 Å². The molecular weight excluding hydrogens is 222 g/mol. The number of benzene rings is 2. The highest BCUT2D eigenvalue weighted by Crippen LogP contribution is 2.26. The standard InChI is InChI=1S/C14H12F2O/c1-9-12(15)8-7-11(13(9)16)14(17)10-5-3-2-4-6-10/h2-8,14,17H,1H3. The Balaban J connectivity index is 2.45. The van der Waals surface area contributed by atoms with Crippen LogP contribution in [0.1, 0.15) is 22.8 Å². The summed E-state index contributed by atoms with van der Waals surface area (Å²) < 4.78 is 26.9. The maximum atomic E-state index is 13.8. The van der Waals surface area contributed by atoms with Crippen molar-refractivity contribution >= 4 is 0 Å². The van der Waals surface area contributed by atoms with Crippen LogP contribution in [-0.2, 0) is 0 Å². The zero-order chi connectivity index (χ0) is 12.4. The van der Waals surface area contributed by atoms with Gasteiger partial charge in [0.2, 0.25) is 0 Å². The van der Waals surface area contributed by atoms with Crippen LogP contribution in [0.15, 0.2) is 42.5 Å². The van der Waals surface area contributed by atoms with Gasteiger partial charge in [0.15, 0.2) is 0 Å². The van der Waals surface area contributed by atoms with Crippen molar-refractivity contribution in [2.75, 3.05) is 0 Å². The smallest absolute Gasteiger partial charge is 0.135 e. The van der Waals surface area contributed by atoms with Crippen molar-refractivity contribution < 1.29 is 13.9 Å². The molecule has 0 saturated carbocycles. The van der Waals surface area contributed by atoms with Crippen molar-refractivity contribution in [3.8, 4) is 0 Å². The van der Waals surface area contributed by atoms with Crippen molar-refractivity contribution in [3.05, 3.63) is 70.8 Å². The molecule has 2 rings (SSSR count). The van der Waals surface area contributed by atoms with Gasteiger partial charge in [0.1, 0.15) is 17.7 Å². The molecule has 0 heterocycles. The molecule has 0 saturated heterocycles. The highest BCUT2D eigenvalue weighted by Gasteiger charge is 2.17. The van der Waals surface area contributed by atoms with Crippen LogP contribution >= 0.6 is 0 Å². The monoisotopic (exact) mass is 234 g/mol. The van der Waals surface area contributed by atoms with E-state index in [1.54, 1.807) is 24.3 Å². The Morgan fingerprint density at radius 3 is 2.29 bits per heavy atom. The molecule has 1 unspecified atom stereocenters. The Morgan fingerprint density at radius 2 is 1.65 bits per heavy atom. The van der Waals surface area contributed by atoms with Crippen LogP contribution in [0.2, 0.25) is 0 Å². The lowest BCUT2D eigenvalue weighted by Gasteiger charge is -2.13. The summed E-state index contributed by atoms with van der Waals surface area (Å²) in [5.41, 5.74) is 0.602. The molecule has 1 nitrogen and oxygen atoms in total. The van der Waals surface area contributed by atoms with Gasteiger partial charge in [-0.25, -0.2) is 8.78 Å². The van der Waals surface area contributed by atoms with Crippen LogP contribution in [-0.4, -0.2) is 5.11 Å². The first-order valence-electron chi connectivity index (χ1n) is 5.28. The highest BCUT2D eigenvalue weighted by molar-refractivity contribution is 5.34. The minimum Gasteiger partial charge on any atom is -0.384 e. The lowest BCUT2D eigenvalue weighted by Crippen LogP contribution is -2.04. The predicted octanol–water partition coefficient (Wildman–Crippen LogP) is 3.35. The average Bonchev–Trinajstić information content (AvgIpc) is 2.36. The Hall–Kier alpha value is -1.74. The van der Waals surface area contributed by atoms with Gasteiger partial charge < -0.3 is 5.11 Å². The summed E-state index contributed by atoms with van der Waals surface area (Å²) in [4.78, 5) is 0. The van der Waals surface area contributed by atoms with Crippen LogP contribution in [0.3, 0.4) is 0 Å². The first-order chi connectivity index (χ1) is 8.11. The molecule has 1 N–H and O–H groups in total. The van der Waals surface area contributed by atoms with Crippen molar-refractivity contribution in [3.63, 3.8) is 0 Å². The maximum Gasteiger partial charge on any atom is 0.135 e. The fourth-order valence-electron chi connectivity index (χ4n) is 1.71. The Bertz CT molecular complexity index is 523. The van der Waals surface area contributed by atoms with E-state index in [0.29, 0.717) is 5.56 Å². The maximum absolute atomic E-state index is 13.8. The van der Waals surface area contributed by atoms with Crippen LogP contribution < -0.4 is 0 Å². The minimum absolute atomic E-state index is 0.0718. The van der Waals surface area contributed by atoms with E-state index >= 15 is 0 Å². The number of hydrogen-bond donors (Lipinski definition) is 1. The van der Waals surface area contributed by atoms with E-state index in [-0.39, 0.29) is 11.1 Å². The van der Waals surface area contributed by atoms with Crippen molar-refractivity contribution in [1.82, 2.24) is 0 Å². The van der Waals surface area contributed by atoms with Gasteiger partial charge in [0, 0.05) is 11.1 Å². The van der Waals surface area contributed by atoms with E-state index in [4.69, 9.17) is 0 Å². The molecule has 2 aromatic carbocycles. The second-order valence-corrected chi connectivity index (χ2v) is 3.89. The molecule has 0 aliphatic rings. The van der Waals surface area contributed by atoms with Gasteiger partial charge in [-0.2, -0.15) is 0 Å². The van der Waals surface area contributed by atoms with Crippen molar-refractivity contribution in [2.45, 2.75) is 13.0 Å². The SMILES string of the molecule is Cc1c(F)ccc(C(O)c2ccccc2)c1F. The molecule has 0 radical (unpaired) electrons. The van der Waals surface area contributed by atoms with Gasteiger partial charge in [0.05, 0.1) is 0 Å². The van der Waals surface area contributed by atoms with Gasteiger partial charge in [-0.05, 0) is 18.6 Å². The molecule has 0 aromatic heterocycles.